The standard InChI is InChI=1S/C26H24N4O9S/c1-3-20(39-25(33)38-15-18-9-11-19(12-10-18)30(34)35)26-13-21(31)29(26)22(16(2)23(28-27)40(26)36)24(32)37-14-17-7-5-4-6-8-17/h4-12,20H,3,13-15H2,1-2H3/t20?,26-,40?/m0/s1. The van der Waals surface area contributed by atoms with Crippen LogP contribution in [0.2, 0.25) is 0 Å². The second-order valence-electron chi connectivity index (χ2n) is 8.94. The molecule has 1 amide bonds. The summed E-state index contributed by atoms with van der Waals surface area (Å²) in [6.07, 6.45) is -2.68. The predicted octanol–water partition coefficient (Wildman–Crippen LogP) is 3.36. The maximum absolute atomic E-state index is 13.6. The molecular formula is C26H24N4O9S. The molecule has 1 fully saturated rings. The number of ether oxygens (including phenoxy) is 3. The Bertz CT molecular complexity index is 1420. The number of rotatable bonds is 9. The molecule has 14 heteroatoms. The molecule has 0 spiro atoms. The van der Waals surface area contributed by atoms with E-state index in [0.717, 1.165) is 4.90 Å². The van der Waals surface area contributed by atoms with Crippen LogP contribution in [0.3, 0.4) is 0 Å². The summed E-state index contributed by atoms with van der Waals surface area (Å²) in [5.41, 5.74) is 10.4. The number of carbonyl (C=O) groups excluding carboxylic acids is 3. The van der Waals surface area contributed by atoms with E-state index in [1.54, 1.807) is 37.3 Å². The molecule has 1 saturated heterocycles. The minimum atomic E-state index is -2.20. The van der Waals surface area contributed by atoms with E-state index in [9.17, 15) is 34.6 Å². The largest absolute Gasteiger partial charge is 0.604 e. The number of hydrogen-bond acceptors (Lipinski definition) is 9. The van der Waals surface area contributed by atoms with Gasteiger partial charge in [0, 0.05) is 12.1 Å². The smallest absolute Gasteiger partial charge is 0.509 e. The Labute approximate surface area is 231 Å². The van der Waals surface area contributed by atoms with Crippen molar-refractivity contribution >= 4 is 39.9 Å². The first kappa shape index (κ1) is 28.5. The number of fused-ring (bicyclic) bond motifs is 1. The monoisotopic (exact) mass is 568 g/mol. The molecule has 0 aromatic heterocycles. The predicted molar refractivity (Wildman–Crippen MR) is 138 cm³/mol. The first-order valence-corrected chi connectivity index (χ1v) is 13.2. The van der Waals surface area contributed by atoms with Crippen molar-refractivity contribution in [3.63, 3.8) is 0 Å². The number of nitro benzene ring substituents is 1. The first-order chi connectivity index (χ1) is 19.1. The van der Waals surface area contributed by atoms with Gasteiger partial charge in [0.2, 0.25) is 5.91 Å². The summed E-state index contributed by atoms with van der Waals surface area (Å²) in [5.74, 6) is -1.47. The number of carbonyl (C=O) groups is 3. The van der Waals surface area contributed by atoms with Crippen molar-refractivity contribution in [1.82, 2.24) is 4.90 Å². The van der Waals surface area contributed by atoms with Crippen molar-refractivity contribution in [2.75, 3.05) is 0 Å². The highest BCUT2D eigenvalue weighted by molar-refractivity contribution is 8.08. The highest BCUT2D eigenvalue weighted by atomic mass is 32.2. The zero-order chi connectivity index (χ0) is 29.0. The van der Waals surface area contributed by atoms with E-state index < -0.39 is 45.1 Å². The van der Waals surface area contributed by atoms with E-state index in [1.165, 1.54) is 31.2 Å². The molecule has 0 radical (unpaired) electrons. The lowest BCUT2D eigenvalue weighted by atomic mass is 9.91. The summed E-state index contributed by atoms with van der Waals surface area (Å²) in [6, 6.07) is 14.1. The number of non-ortho nitro benzene ring substituents is 1. The first-order valence-electron chi connectivity index (χ1n) is 12.1. The van der Waals surface area contributed by atoms with E-state index in [2.05, 4.69) is 4.79 Å². The van der Waals surface area contributed by atoms with Gasteiger partial charge in [0.1, 0.15) is 42.1 Å². The highest BCUT2D eigenvalue weighted by Crippen LogP contribution is 2.50. The van der Waals surface area contributed by atoms with Crippen LogP contribution in [0.1, 0.15) is 37.8 Å². The van der Waals surface area contributed by atoms with Gasteiger partial charge in [-0.25, -0.2) is 9.59 Å². The third-order valence-corrected chi connectivity index (χ3v) is 8.51. The number of nitro groups is 1. The molecule has 4 rings (SSSR count). The minimum Gasteiger partial charge on any atom is -0.604 e. The maximum Gasteiger partial charge on any atom is 0.509 e. The highest BCUT2D eigenvalue weighted by Gasteiger charge is 2.74. The molecule has 0 N–H and O–H groups in total. The van der Waals surface area contributed by atoms with Gasteiger partial charge in [0.25, 0.3) is 10.6 Å². The molecule has 0 bridgehead atoms. The normalized spacial score (nSPS) is 20.6. The zero-order valence-corrected chi connectivity index (χ0v) is 22.3. The number of benzene rings is 2. The Balaban J connectivity index is 1.55. The molecule has 0 saturated carbocycles. The summed E-state index contributed by atoms with van der Waals surface area (Å²) in [5, 5.41) is 10.5. The quantitative estimate of drug-likeness (QED) is 0.0832. The summed E-state index contributed by atoms with van der Waals surface area (Å²) < 4.78 is 29.7. The van der Waals surface area contributed by atoms with Crippen LogP contribution >= 0.6 is 0 Å². The lowest BCUT2D eigenvalue weighted by Gasteiger charge is -2.53. The van der Waals surface area contributed by atoms with Gasteiger partial charge in [0.05, 0.1) is 4.92 Å². The van der Waals surface area contributed by atoms with Crippen molar-refractivity contribution in [3.05, 3.63) is 92.6 Å². The van der Waals surface area contributed by atoms with Gasteiger partial charge in [0.15, 0.2) is 6.10 Å². The van der Waals surface area contributed by atoms with E-state index in [-0.39, 0.29) is 48.1 Å². The molecule has 2 aromatic rings. The SMILES string of the molecule is CCC(OC(=O)OCc1ccc([N+](=O)[O-])cc1)[C@@]12CC(=O)N1C(C(=O)OCc1ccccc1)=C(C)C(=[N+]=[N-])[S+]2[O-]. The summed E-state index contributed by atoms with van der Waals surface area (Å²) in [7, 11) is 0. The topological polar surface area (TPSA) is 185 Å². The van der Waals surface area contributed by atoms with Crippen molar-refractivity contribution in [2.45, 2.75) is 50.9 Å². The molecule has 2 unspecified atom stereocenters. The Morgan fingerprint density at radius 3 is 2.33 bits per heavy atom. The number of hydrogen-bond donors (Lipinski definition) is 0. The van der Waals surface area contributed by atoms with Gasteiger partial charge >= 0.3 is 17.2 Å². The van der Waals surface area contributed by atoms with Crippen LogP contribution in [-0.2, 0) is 48.2 Å². The van der Waals surface area contributed by atoms with Gasteiger partial charge in [-0.05, 0) is 36.6 Å². The van der Waals surface area contributed by atoms with Crippen LogP contribution in [0, 0.1) is 10.1 Å². The molecule has 208 valence electrons. The number of esters is 1. The second-order valence-corrected chi connectivity index (χ2v) is 10.6. The van der Waals surface area contributed by atoms with E-state index >= 15 is 0 Å². The number of nitrogens with zero attached hydrogens (tertiary/aromatic N) is 4. The summed E-state index contributed by atoms with van der Waals surface area (Å²) in [4.78, 5) is 51.3. The van der Waals surface area contributed by atoms with E-state index in [0.29, 0.717) is 11.1 Å². The third kappa shape index (κ3) is 5.19. The average molecular weight is 569 g/mol. The lowest BCUT2D eigenvalue weighted by Crippen LogP contribution is -2.76. The van der Waals surface area contributed by atoms with Crippen molar-refractivity contribution in [3.8, 4) is 0 Å². The van der Waals surface area contributed by atoms with Gasteiger partial charge in [-0.2, -0.15) is 0 Å². The Hall–Kier alpha value is -4.52. The van der Waals surface area contributed by atoms with Crippen LogP contribution < -0.4 is 0 Å². The fraction of sp³-hybridized carbons (Fsp3) is 0.308. The van der Waals surface area contributed by atoms with Crippen LogP contribution in [0.15, 0.2) is 65.9 Å². The molecule has 2 aromatic carbocycles. The van der Waals surface area contributed by atoms with Crippen LogP contribution in [0.25, 0.3) is 5.53 Å². The molecular weight excluding hydrogens is 544 g/mol. The summed E-state index contributed by atoms with van der Waals surface area (Å²) in [6.45, 7) is 2.62. The second kappa shape index (κ2) is 11.7. The molecule has 2 heterocycles. The van der Waals surface area contributed by atoms with E-state index in [1.807, 2.05) is 0 Å². The average Bonchev–Trinajstić information content (AvgIpc) is 2.95. The molecule has 13 nitrogen and oxygen atoms in total. The molecule has 2 aliphatic rings. The number of β-lactam (4-membered cyclic amide) rings is 1. The van der Waals surface area contributed by atoms with Crippen molar-refractivity contribution in [2.24, 2.45) is 0 Å². The fourth-order valence-corrected chi connectivity index (χ4v) is 6.41. The van der Waals surface area contributed by atoms with Crippen LogP contribution in [0.5, 0.6) is 0 Å². The fourth-order valence-electron chi connectivity index (χ4n) is 4.56. The van der Waals surface area contributed by atoms with Gasteiger partial charge < -0.3 is 24.3 Å². The number of amides is 1. The van der Waals surface area contributed by atoms with Crippen LogP contribution in [0.4, 0.5) is 10.5 Å². The Morgan fingerprint density at radius 1 is 1.12 bits per heavy atom. The van der Waals surface area contributed by atoms with Crippen molar-refractivity contribution in [1.29, 1.82) is 0 Å². The van der Waals surface area contributed by atoms with Gasteiger partial charge in [-0.1, -0.05) is 37.3 Å². The zero-order valence-electron chi connectivity index (χ0n) is 21.5. The maximum atomic E-state index is 13.6. The van der Waals surface area contributed by atoms with E-state index in [4.69, 9.17) is 14.2 Å². The van der Waals surface area contributed by atoms with Gasteiger partial charge in [-0.3, -0.25) is 19.8 Å². The minimum absolute atomic E-state index is 0.0156. The molecule has 3 atom stereocenters. The lowest BCUT2D eigenvalue weighted by molar-refractivity contribution is -0.384. The van der Waals surface area contributed by atoms with Crippen LogP contribution in [-0.4, -0.2) is 53.2 Å². The molecule has 0 aliphatic carbocycles. The third-order valence-electron chi connectivity index (χ3n) is 6.54. The van der Waals surface area contributed by atoms with Crippen molar-refractivity contribution < 1.29 is 42.9 Å². The Morgan fingerprint density at radius 2 is 1.75 bits per heavy atom. The molecule has 2 aliphatic heterocycles. The Kier molecular flexibility index (Phi) is 8.33. The summed E-state index contributed by atoms with van der Waals surface area (Å²) >= 11 is -2.20. The molecule has 40 heavy (non-hydrogen) atoms. The van der Waals surface area contributed by atoms with Gasteiger partial charge in [-0.15, -0.1) is 4.79 Å².